The van der Waals surface area contributed by atoms with Crippen molar-refractivity contribution in [2.45, 2.75) is 19.3 Å². The lowest BCUT2D eigenvalue weighted by Crippen LogP contribution is -2.21. The van der Waals surface area contributed by atoms with Crippen LogP contribution in [0.3, 0.4) is 0 Å². The second kappa shape index (κ2) is 10.7. The summed E-state index contributed by atoms with van der Waals surface area (Å²) in [6.45, 7) is 2.52. The molecule has 4 rings (SSSR count). The predicted molar refractivity (Wildman–Crippen MR) is 126 cm³/mol. The van der Waals surface area contributed by atoms with Crippen LogP contribution < -0.4 is 24.3 Å². The molecular formula is C25H26BrNO5. The van der Waals surface area contributed by atoms with Crippen molar-refractivity contribution >= 4 is 15.9 Å². The van der Waals surface area contributed by atoms with E-state index < -0.39 is 6.10 Å². The Balaban J connectivity index is 1.37. The van der Waals surface area contributed by atoms with Crippen molar-refractivity contribution in [2.24, 2.45) is 0 Å². The van der Waals surface area contributed by atoms with E-state index in [-0.39, 0.29) is 0 Å². The molecular weight excluding hydrogens is 474 g/mol. The largest absolute Gasteiger partial charge is 0.493 e. The molecule has 0 aromatic heterocycles. The molecule has 2 N–H and O–H groups in total. The molecule has 1 aliphatic rings. The first kappa shape index (κ1) is 22.5. The Kier molecular flexibility index (Phi) is 7.52. The van der Waals surface area contributed by atoms with Crippen LogP contribution in [0.4, 0.5) is 0 Å². The molecule has 1 unspecified atom stereocenters. The highest BCUT2D eigenvalue weighted by Gasteiger charge is 2.15. The fourth-order valence-corrected chi connectivity index (χ4v) is 4.10. The van der Waals surface area contributed by atoms with E-state index in [0.29, 0.717) is 44.4 Å². The Labute approximate surface area is 196 Å². The van der Waals surface area contributed by atoms with Crippen LogP contribution in [0.15, 0.2) is 65.1 Å². The van der Waals surface area contributed by atoms with Gasteiger partial charge in [0.25, 0.3) is 0 Å². The number of halogens is 1. The smallest absolute Gasteiger partial charge is 0.175 e. The van der Waals surface area contributed by atoms with Gasteiger partial charge in [0.05, 0.1) is 17.7 Å². The lowest BCUT2D eigenvalue weighted by Gasteiger charge is -2.19. The highest BCUT2D eigenvalue weighted by Crippen LogP contribution is 2.38. The number of benzene rings is 3. The zero-order valence-corrected chi connectivity index (χ0v) is 19.4. The molecule has 0 saturated heterocycles. The van der Waals surface area contributed by atoms with E-state index in [1.165, 1.54) is 0 Å². The van der Waals surface area contributed by atoms with Crippen molar-refractivity contribution in [1.82, 2.24) is 5.32 Å². The van der Waals surface area contributed by atoms with Gasteiger partial charge in [-0.25, -0.2) is 0 Å². The third kappa shape index (κ3) is 5.54. The molecule has 3 aromatic rings. The topological polar surface area (TPSA) is 69.2 Å². The van der Waals surface area contributed by atoms with E-state index in [1.54, 1.807) is 7.11 Å². The minimum absolute atomic E-state index is 0.368. The van der Waals surface area contributed by atoms with Crippen molar-refractivity contribution in [3.05, 3.63) is 81.8 Å². The van der Waals surface area contributed by atoms with Crippen LogP contribution >= 0.6 is 15.9 Å². The molecule has 3 aromatic carbocycles. The van der Waals surface area contributed by atoms with E-state index in [1.807, 2.05) is 60.7 Å². The first-order chi connectivity index (χ1) is 15.6. The van der Waals surface area contributed by atoms with E-state index in [2.05, 4.69) is 21.2 Å². The Morgan fingerprint density at radius 1 is 1.00 bits per heavy atom. The lowest BCUT2D eigenvalue weighted by molar-refractivity contribution is 0.171. The zero-order valence-electron chi connectivity index (χ0n) is 17.8. The van der Waals surface area contributed by atoms with Gasteiger partial charge in [0.15, 0.2) is 23.0 Å². The number of methoxy groups -OCH3 is 1. The number of hydrogen-bond acceptors (Lipinski definition) is 6. The molecule has 0 aliphatic carbocycles. The maximum Gasteiger partial charge on any atom is 0.175 e. The monoisotopic (exact) mass is 499 g/mol. The number of rotatable bonds is 9. The van der Waals surface area contributed by atoms with Crippen molar-refractivity contribution < 1.29 is 24.1 Å². The van der Waals surface area contributed by atoms with E-state index in [4.69, 9.17) is 18.9 Å². The maximum atomic E-state index is 10.3. The average Bonchev–Trinajstić information content (AvgIpc) is 2.83. The lowest BCUT2D eigenvalue weighted by atomic mass is 10.1. The normalized spacial score (nSPS) is 13.5. The van der Waals surface area contributed by atoms with Crippen LogP contribution in [0, 0.1) is 0 Å². The van der Waals surface area contributed by atoms with E-state index >= 15 is 0 Å². The summed E-state index contributed by atoms with van der Waals surface area (Å²) >= 11 is 3.60. The Bertz CT molecular complexity index is 1040. The summed E-state index contributed by atoms with van der Waals surface area (Å²) in [5.41, 5.74) is 2.88. The van der Waals surface area contributed by atoms with Gasteiger partial charge in [0, 0.05) is 13.1 Å². The minimum Gasteiger partial charge on any atom is -0.493 e. The Morgan fingerprint density at radius 2 is 1.78 bits per heavy atom. The van der Waals surface area contributed by atoms with Gasteiger partial charge in [-0.1, -0.05) is 36.4 Å². The molecule has 6 nitrogen and oxygen atoms in total. The van der Waals surface area contributed by atoms with Crippen LogP contribution in [-0.2, 0) is 13.2 Å². The second-order valence-corrected chi connectivity index (χ2v) is 8.29. The standard InChI is InChI=1S/C25H26BrNO5/c1-29-24-13-18(14-27-15-21(28)19-5-3-2-4-6-19)11-20(26)25(24)32-16-17-7-8-22-23(12-17)31-10-9-30-22/h2-8,11-13,21,27-28H,9-10,14-16H2,1H3. The van der Waals surface area contributed by atoms with Gasteiger partial charge in [-0.3, -0.25) is 0 Å². The molecule has 1 atom stereocenters. The van der Waals surface area contributed by atoms with Gasteiger partial charge in [-0.2, -0.15) is 0 Å². The number of hydrogen-bond donors (Lipinski definition) is 2. The summed E-state index contributed by atoms with van der Waals surface area (Å²) in [4.78, 5) is 0. The zero-order chi connectivity index (χ0) is 22.3. The summed E-state index contributed by atoms with van der Waals surface area (Å²) < 4.78 is 23.6. The fourth-order valence-electron chi connectivity index (χ4n) is 3.49. The quantitative estimate of drug-likeness (QED) is 0.447. The first-order valence-electron chi connectivity index (χ1n) is 10.5. The van der Waals surface area contributed by atoms with Gasteiger partial charge in [-0.15, -0.1) is 0 Å². The SMILES string of the molecule is COc1cc(CNCC(O)c2ccccc2)cc(Br)c1OCc1ccc2c(c1)OCCO2. The average molecular weight is 500 g/mol. The maximum absolute atomic E-state index is 10.3. The number of ether oxygens (including phenoxy) is 4. The van der Waals surface area contributed by atoms with Crippen LogP contribution in [0.25, 0.3) is 0 Å². The van der Waals surface area contributed by atoms with Crippen molar-refractivity contribution in [3.63, 3.8) is 0 Å². The second-order valence-electron chi connectivity index (χ2n) is 7.43. The molecule has 0 radical (unpaired) electrons. The molecule has 0 amide bonds. The molecule has 32 heavy (non-hydrogen) atoms. The van der Waals surface area contributed by atoms with Gasteiger partial charge < -0.3 is 29.4 Å². The highest BCUT2D eigenvalue weighted by atomic mass is 79.9. The van der Waals surface area contributed by atoms with Crippen LogP contribution in [0.1, 0.15) is 22.8 Å². The Hall–Kier alpha value is -2.74. The first-order valence-corrected chi connectivity index (χ1v) is 11.2. The van der Waals surface area contributed by atoms with Gasteiger partial charge in [0.2, 0.25) is 0 Å². The Morgan fingerprint density at radius 3 is 2.56 bits per heavy atom. The number of nitrogens with one attached hydrogen (secondary N) is 1. The summed E-state index contributed by atoms with van der Waals surface area (Å²) in [5.74, 6) is 2.77. The van der Waals surface area contributed by atoms with Crippen molar-refractivity contribution in [3.8, 4) is 23.0 Å². The number of aliphatic hydroxyl groups excluding tert-OH is 1. The fraction of sp³-hybridized carbons (Fsp3) is 0.280. The summed E-state index contributed by atoms with van der Waals surface area (Å²) in [6, 6.07) is 19.3. The molecule has 0 fully saturated rings. The molecule has 168 valence electrons. The van der Waals surface area contributed by atoms with Gasteiger partial charge >= 0.3 is 0 Å². The predicted octanol–water partition coefficient (Wildman–Crippen LogP) is 4.63. The summed E-state index contributed by atoms with van der Waals surface area (Å²) in [5, 5.41) is 13.6. The summed E-state index contributed by atoms with van der Waals surface area (Å²) in [7, 11) is 1.62. The molecule has 0 saturated carbocycles. The highest BCUT2D eigenvalue weighted by molar-refractivity contribution is 9.10. The van der Waals surface area contributed by atoms with E-state index in [9.17, 15) is 5.11 Å². The molecule has 7 heteroatoms. The van der Waals surface area contributed by atoms with Crippen LogP contribution in [-0.4, -0.2) is 32.0 Å². The third-order valence-electron chi connectivity index (χ3n) is 5.13. The number of fused-ring (bicyclic) bond motifs is 1. The van der Waals surface area contributed by atoms with Crippen molar-refractivity contribution in [2.75, 3.05) is 26.9 Å². The third-order valence-corrected chi connectivity index (χ3v) is 5.72. The number of aliphatic hydroxyl groups is 1. The van der Waals surface area contributed by atoms with Gasteiger partial charge in [-0.05, 0) is 56.9 Å². The van der Waals surface area contributed by atoms with Crippen molar-refractivity contribution in [1.29, 1.82) is 0 Å². The minimum atomic E-state index is -0.560. The van der Waals surface area contributed by atoms with E-state index in [0.717, 1.165) is 32.7 Å². The summed E-state index contributed by atoms with van der Waals surface area (Å²) in [6.07, 6.45) is -0.560. The molecule has 1 aliphatic heterocycles. The van der Waals surface area contributed by atoms with Gasteiger partial charge in [0.1, 0.15) is 19.8 Å². The molecule has 1 heterocycles. The molecule has 0 bridgehead atoms. The van der Waals surface area contributed by atoms with Crippen LogP contribution in [0.2, 0.25) is 0 Å². The van der Waals surface area contributed by atoms with Crippen LogP contribution in [0.5, 0.6) is 23.0 Å². The molecule has 0 spiro atoms.